The number of aromatic amines is 1. The Kier molecular flexibility index (Phi) is 7.70. The van der Waals surface area contributed by atoms with Crippen LogP contribution in [0.3, 0.4) is 0 Å². The predicted molar refractivity (Wildman–Crippen MR) is 118 cm³/mol. The van der Waals surface area contributed by atoms with Crippen molar-refractivity contribution in [3.63, 3.8) is 0 Å². The third kappa shape index (κ3) is 5.42. The van der Waals surface area contributed by atoms with Crippen LogP contribution in [-0.2, 0) is 13.0 Å². The zero-order valence-corrected chi connectivity index (χ0v) is 18.3. The highest BCUT2D eigenvalue weighted by molar-refractivity contribution is 14.0. The summed E-state index contributed by atoms with van der Waals surface area (Å²) in [4.78, 5) is 8.63. The summed E-state index contributed by atoms with van der Waals surface area (Å²) in [5.41, 5.74) is 2.05. The van der Waals surface area contributed by atoms with Crippen molar-refractivity contribution in [3.8, 4) is 0 Å². The Morgan fingerprint density at radius 1 is 1.28 bits per heavy atom. The maximum atomic E-state index is 13.4. The van der Waals surface area contributed by atoms with Crippen LogP contribution in [0.1, 0.15) is 10.4 Å². The minimum atomic E-state index is -0.212. The summed E-state index contributed by atoms with van der Waals surface area (Å²) in [6.45, 7) is 1.45. The Bertz CT molecular complexity index is 861. The van der Waals surface area contributed by atoms with Gasteiger partial charge in [-0.2, -0.15) is 0 Å². The molecule has 134 valence electrons. The number of thiophene rings is 1. The van der Waals surface area contributed by atoms with Crippen molar-refractivity contribution in [2.75, 3.05) is 13.6 Å². The molecule has 25 heavy (non-hydrogen) atoms. The number of hydrogen-bond donors (Lipinski definition) is 3. The van der Waals surface area contributed by atoms with E-state index in [1.165, 1.54) is 10.9 Å². The van der Waals surface area contributed by atoms with Crippen LogP contribution in [0.15, 0.2) is 45.3 Å². The molecule has 3 N–H and O–H groups in total. The van der Waals surface area contributed by atoms with E-state index in [0.29, 0.717) is 0 Å². The molecule has 2 heterocycles. The Morgan fingerprint density at radius 3 is 2.84 bits per heavy atom. The molecule has 0 amide bonds. The van der Waals surface area contributed by atoms with Gasteiger partial charge in [-0.3, -0.25) is 4.99 Å². The third-order valence-electron chi connectivity index (χ3n) is 3.70. The minimum Gasteiger partial charge on any atom is -0.361 e. The van der Waals surface area contributed by atoms with Crippen molar-refractivity contribution in [2.45, 2.75) is 13.0 Å². The smallest absolute Gasteiger partial charge is 0.191 e. The van der Waals surface area contributed by atoms with Gasteiger partial charge in [0.15, 0.2) is 5.96 Å². The van der Waals surface area contributed by atoms with Crippen molar-refractivity contribution < 1.29 is 4.39 Å². The molecule has 0 radical (unpaired) electrons. The number of fused-ring (bicyclic) bond motifs is 1. The zero-order chi connectivity index (χ0) is 16.9. The molecule has 4 nitrogen and oxygen atoms in total. The van der Waals surface area contributed by atoms with Gasteiger partial charge in [0.1, 0.15) is 5.82 Å². The van der Waals surface area contributed by atoms with Crippen molar-refractivity contribution in [3.05, 3.63) is 56.6 Å². The highest BCUT2D eigenvalue weighted by Crippen LogP contribution is 2.22. The number of guanidine groups is 1. The summed E-state index contributed by atoms with van der Waals surface area (Å²) in [6, 6.07) is 8.92. The summed E-state index contributed by atoms with van der Waals surface area (Å²) >= 11 is 5.16. The molecule has 0 fully saturated rings. The summed E-state index contributed by atoms with van der Waals surface area (Å²) < 4.78 is 14.5. The van der Waals surface area contributed by atoms with Gasteiger partial charge in [-0.05, 0) is 58.2 Å². The lowest BCUT2D eigenvalue weighted by molar-refractivity contribution is 0.629. The molecule has 0 aliphatic rings. The fourth-order valence-corrected chi connectivity index (χ4v) is 3.93. The molecule has 0 atom stereocenters. The van der Waals surface area contributed by atoms with E-state index < -0.39 is 0 Å². The fourth-order valence-electron chi connectivity index (χ4n) is 2.51. The summed E-state index contributed by atoms with van der Waals surface area (Å²) in [5, 5.41) is 7.51. The van der Waals surface area contributed by atoms with Crippen LogP contribution in [0, 0.1) is 5.82 Å². The molecule has 0 saturated carbocycles. The number of rotatable bonds is 5. The van der Waals surface area contributed by atoms with Gasteiger partial charge in [0.05, 0.1) is 10.3 Å². The van der Waals surface area contributed by atoms with Crippen LogP contribution in [-0.4, -0.2) is 24.5 Å². The van der Waals surface area contributed by atoms with Gasteiger partial charge >= 0.3 is 0 Å². The van der Waals surface area contributed by atoms with E-state index >= 15 is 0 Å². The van der Waals surface area contributed by atoms with Crippen LogP contribution in [0.2, 0.25) is 0 Å². The average Bonchev–Trinajstić information content (AvgIpc) is 3.17. The first-order chi connectivity index (χ1) is 11.7. The second-order valence-electron chi connectivity index (χ2n) is 5.31. The highest BCUT2D eigenvalue weighted by Gasteiger charge is 2.06. The standard InChI is InChI=1S/C17H18BrFN4S.HI/c1-20-17(23-10-13-3-5-16(18)24-13)21-7-6-11-9-22-15-4-2-12(19)8-14(11)15;/h2-5,8-9,22H,6-7,10H2,1H3,(H2,20,21,23);1H. The molecular weight excluding hydrogens is 518 g/mol. The second-order valence-corrected chi connectivity index (χ2v) is 7.86. The Morgan fingerprint density at radius 2 is 2.12 bits per heavy atom. The van der Waals surface area contributed by atoms with Crippen molar-refractivity contribution in [1.82, 2.24) is 15.6 Å². The molecule has 0 bridgehead atoms. The van der Waals surface area contributed by atoms with Gasteiger partial charge in [0.2, 0.25) is 0 Å². The van der Waals surface area contributed by atoms with Gasteiger partial charge in [-0.15, -0.1) is 35.3 Å². The van der Waals surface area contributed by atoms with E-state index in [1.807, 2.05) is 12.3 Å². The Labute approximate surface area is 175 Å². The first-order valence-corrected chi connectivity index (χ1v) is 9.21. The Hall–Kier alpha value is -1.13. The van der Waals surface area contributed by atoms with Crippen LogP contribution < -0.4 is 10.6 Å². The number of nitrogens with zero attached hydrogens (tertiary/aromatic N) is 1. The lowest BCUT2D eigenvalue weighted by Gasteiger charge is -2.11. The predicted octanol–water partition coefficient (Wildman–Crippen LogP) is 4.66. The van der Waals surface area contributed by atoms with Crippen LogP contribution in [0.4, 0.5) is 4.39 Å². The number of aliphatic imine (C=N–C) groups is 1. The highest BCUT2D eigenvalue weighted by atomic mass is 127. The molecule has 3 aromatic rings. The number of hydrogen-bond acceptors (Lipinski definition) is 2. The third-order valence-corrected chi connectivity index (χ3v) is 5.32. The first-order valence-electron chi connectivity index (χ1n) is 7.60. The summed E-state index contributed by atoms with van der Waals surface area (Å²) in [6.07, 6.45) is 2.72. The van der Waals surface area contributed by atoms with E-state index in [2.05, 4.69) is 42.6 Å². The van der Waals surface area contributed by atoms with Crippen molar-refractivity contribution in [2.24, 2.45) is 4.99 Å². The van der Waals surface area contributed by atoms with Crippen molar-refractivity contribution >= 4 is 68.1 Å². The fraction of sp³-hybridized carbons (Fsp3) is 0.235. The quantitative estimate of drug-likeness (QED) is 0.252. The molecule has 0 aliphatic heterocycles. The maximum Gasteiger partial charge on any atom is 0.191 e. The summed E-state index contributed by atoms with van der Waals surface area (Å²) in [7, 11) is 1.75. The number of aromatic nitrogens is 1. The normalized spacial score (nSPS) is 11.4. The van der Waals surface area contributed by atoms with E-state index in [-0.39, 0.29) is 29.8 Å². The van der Waals surface area contributed by atoms with Gasteiger partial charge < -0.3 is 15.6 Å². The van der Waals surface area contributed by atoms with E-state index in [1.54, 1.807) is 30.5 Å². The lowest BCUT2D eigenvalue weighted by Crippen LogP contribution is -2.37. The van der Waals surface area contributed by atoms with Crippen molar-refractivity contribution in [1.29, 1.82) is 0 Å². The molecule has 8 heteroatoms. The molecule has 0 saturated heterocycles. The number of benzene rings is 1. The average molecular weight is 537 g/mol. The minimum absolute atomic E-state index is 0. The summed E-state index contributed by atoms with van der Waals surface area (Å²) in [5.74, 6) is 0.543. The van der Waals surface area contributed by atoms with Crippen LogP contribution in [0.5, 0.6) is 0 Å². The Balaban J connectivity index is 0.00000225. The lowest BCUT2D eigenvalue weighted by atomic mass is 10.1. The second kappa shape index (κ2) is 9.54. The molecule has 3 rings (SSSR count). The maximum absolute atomic E-state index is 13.4. The molecule has 0 aliphatic carbocycles. The SMILES string of the molecule is CN=C(NCCc1c[nH]c2ccc(F)cc12)NCc1ccc(Br)s1.I. The molecular formula is C17H19BrFIN4S. The van der Waals surface area contributed by atoms with E-state index in [9.17, 15) is 4.39 Å². The largest absolute Gasteiger partial charge is 0.361 e. The first kappa shape index (κ1) is 20.2. The molecule has 2 aromatic heterocycles. The number of halogens is 3. The molecule has 0 spiro atoms. The number of H-pyrrole nitrogens is 1. The van der Waals surface area contributed by atoms with Gasteiger partial charge in [-0.1, -0.05) is 0 Å². The zero-order valence-electron chi connectivity index (χ0n) is 13.6. The monoisotopic (exact) mass is 536 g/mol. The number of nitrogens with one attached hydrogen (secondary N) is 3. The van der Waals surface area contributed by atoms with Gasteiger partial charge in [-0.25, -0.2) is 4.39 Å². The molecule has 1 aromatic carbocycles. The van der Waals surface area contributed by atoms with E-state index in [4.69, 9.17) is 0 Å². The topological polar surface area (TPSA) is 52.2 Å². The van der Waals surface area contributed by atoms with E-state index in [0.717, 1.165) is 45.7 Å². The van der Waals surface area contributed by atoms with Gasteiger partial charge in [0, 0.05) is 35.6 Å². The van der Waals surface area contributed by atoms with Gasteiger partial charge in [0.25, 0.3) is 0 Å². The van der Waals surface area contributed by atoms with Crippen LogP contribution in [0.25, 0.3) is 10.9 Å². The van der Waals surface area contributed by atoms with Crippen LogP contribution >= 0.6 is 51.2 Å². The molecule has 0 unspecified atom stereocenters.